The van der Waals surface area contributed by atoms with Crippen LogP contribution >= 0.6 is 0 Å². The number of hydrogen-bond acceptors (Lipinski definition) is 4. The molecule has 1 aromatic heterocycles. The van der Waals surface area contributed by atoms with Gasteiger partial charge in [-0.05, 0) is 18.0 Å². The van der Waals surface area contributed by atoms with Crippen LogP contribution < -0.4 is 4.74 Å². The highest BCUT2D eigenvalue weighted by atomic mass is 19.4. The molecule has 2 rings (SSSR count). The number of carbonyl (C=O) groups excluding carboxylic acids is 1. The Kier molecular flexibility index (Phi) is 3.18. The number of hydrogen-bond donors (Lipinski definition) is 0. The van der Waals surface area contributed by atoms with E-state index in [-0.39, 0.29) is 24.6 Å². The number of nitrogens with zero attached hydrogens (tertiary/aromatic N) is 2. The van der Waals surface area contributed by atoms with Crippen LogP contribution in [-0.2, 0) is 0 Å². The molecule has 18 heavy (non-hydrogen) atoms. The average molecular weight is 264 g/mol. The van der Waals surface area contributed by atoms with Crippen molar-refractivity contribution in [1.82, 2.24) is 10.1 Å². The van der Waals surface area contributed by atoms with Gasteiger partial charge in [-0.15, -0.1) is 0 Å². The summed E-state index contributed by atoms with van der Waals surface area (Å²) in [5.74, 6) is -1.00. The van der Waals surface area contributed by atoms with Crippen LogP contribution in [0.5, 0.6) is 5.88 Å². The molecule has 0 bridgehead atoms. The molecule has 1 atom stereocenters. The number of halogens is 3. The molecule has 0 radical (unpaired) electrons. The van der Waals surface area contributed by atoms with Crippen LogP contribution in [0.1, 0.15) is 23.4 Å². The molecule has 8 heteroatoms. The van der Waals surface area contributed by atoms with E-state index in [1.165, 1.54) is 13.2 Å². The molecule has 0 spiro atoms. The van der Waals surface area contributed by atoms with Crippen molar-refractivity contribution in [1.29, 1.82) is 0 Å². The molecule has 0 saturated carbocycles. The lowest BCUT2D eigenvalue weighted by Gasteiger charge is -2.25. The van der Waals surface area contributed by atoms with Crippen molar-refractivity contribution < 1.29 is 27.2 Å². The Morgan fingerprint density at radius 1 is 1.61 bits per heavy atom. The van der Waals surface area contributed by atoms with Gasteiger partial charge in [-0.25, -0.2) is 0 Å². The van der Waals surface area contributed by atoms with E-state index in [4.69, 9.17) is 4.74 Å². The van der Waals surface area contributed by atoms with Crippen LogP contribution in [0.15, 0.2) is 10.6 Å². The molecule has 0 aromatic carbocycles. The molecule has 100 valence electrons. The topological polar surface area (TPSA) is 55.6 Å². The number of aromatic nitrogens is 1. The van der Waals surface area contributed by atoms with Gasteiger partial charge >= 0.3 is 6.18 Å². The summed E-state index contributed by atoms with van der Waals surface area (Å²) in [5, 5.41) is 3.39. The van der Waals surface area contributed by atoms with Crippen LogP contribution in [0.2, 0.25) is 0 Å². The summed E-state index contributed by atoms with van der Waals surface area (Å²) in [6.07, 6.45) is -4.18. The molecule has 1 unspecified atom stereocenters. The monoisotopic (exact) mass is 264 g/mol. The van der Waals surface area contributed by atoms with E-state index in [9.17, 15) is 18.0 Å². The first kappa shape index (κ1) is 12.7. The van der Waals surface area contributed by atoms with Crippen LogP contribution in [0.3, 0.4) is 0 Å². The maximum Gasteiger partial charge on any atom is 0.408 e. The number of alkyl halides is 3. The van der Waals surface area contributed by atoms with Crippen LogP contribution in [0.4, 0.5) is 13.2 Å². The zero-order valence-corrected chi connectivity index (χ0v) is 9.53. The van der Waals surface area contributed by atoms with Gasteiger partial charge in [0.05, 0.1) is 13.2 Å². The minimum atomic E-state index is -4.42. The van der Waals surface area contributed by atoms with E-state index in [0.29, 0.717) is 6.42 Å². The molecular weight excluding hydrogens is 253 g/mol. The fourth-order valence-electron chi connectivity index (χ4n) is 1.95. The van der Waals surface area contributed by atoms with Gasteiger partial charge in [0, 0.05) is 6.54 Å². The van der Waals surface area contributed by atoms with Gasteiger partial charge in [-0.1, -0.05) is 0 Å². The van der Waals surface area contributed by atoms with Crippen molar-refractivity contribution in [3.63, 3.8) is 0 Å². The fraction of sp³-hybridized carbons (Fsp3) is 0.600. The zero-order valence-electron chi connectivity index (χ0n) is 9.53. The van der Waals surface area contributed by atoms with E-state index in [1.54, 1.807) is 0 Å². The van der Waals surface area contributed by atoms with Crippen LogP contribution in [-0.4, -0.2) is 41.8 Å². The van der Waals surface area contributed by atoms with Crippen molar-refractivity contribution in [2.24, 2.45) is 0 Å². The summed E-state index contributed by atoms with van der Waals surface area (Å²) in [6.45, 7) is 0.0615. The minimum absolute atomic E-state index is 0.0566. The number of amides is 1. The van der Waals surface area contributed by atoms with Gasteiger partial charge in [0.15, 0.2) is 0 Å². The molecule has 1 saturated heterocycles. The number of methoxy groups -OCH3 is 1. The maximum absolute atomic E-state index is 12.7. The quantitative estimate of drug-likeness (QED) is 0.818. The molecule has 1 amide bonds. The Hall–Kier alpha value is -1.73. The molecule has 5 nitrogen and oxygen atoms in total. The highest BCUT2D eigenvalue weighted by Gasteiger charge is 2.48. The lowest BCUT2D eigenvalue weighted by atomic mass is 10.2. The number of ether oxygens (including phenoxy) is 1. The van der Waals surface area contributed by atoms with E-state index in [1.807, 2.05) is 0 Å². The molecule has 1 aromatic rings. The van der Waals surface area contributed by atoms with Gasteiger partial charge in [-0.2, -0.15) is 13.2 Å². The predicted molar refractivity (Wildman–Crippen MR) is 53.2 cm³/mol. The largest absolute Gasteiger partial charge is 0.479 e. The molecule has 1 aliphatic heterocycles. The van der Waals surface area contributed by atoms with E-state index >= 15 is 0 Å². The van der Waals surface area contributed by atoms with Crippen molar-refractivity contribution in [3.8, 4) is 5.88 Å². The highest BCUT2D eigenvalue weighted by Crippen LogP contribution is 2.33. The Morgan fingerprint density at radius 2 is 2.33 bits per heavy atom. The number of rotatable bonds is 2. The standard InChI is InChI=1S/C10H11F3N2O3/c1-17-8-5-6(18-14-8)9(16)15-4-2-3-7(15)10(11,12)13/h5,7H,2-4H2,1H3. The van der Waals surface area contributed by atoms with Crippen molar-refractivity contribution in [3.05, 3.63) is 11.8 Å². The van der Waals surface area contributed by atoms with Crippen molar-refractivity contribution in [2.75, 3.05) is 13.7 Å². The van der Waals surface area contributed by atoms with Gasteiger partial charge in [0.2, 0.25) is 5.76 Å². The van der Waals surface area contributed by atoms with Crippen molar-refractivity contribution in [2.45, 2.75) is 25.1 Å². The third-order valence-electron chi connectivity index (χ3n) is 2.80. The van der Waals surface area contributed by atoms with E-state index in [0.717, 1.165) is 4.90 Å². The van der Waals surface area contributed by atoms with E-state index < -0.39 is 18.1 Å². The second-order valence-electron chi connectivity index (χ2n) is 3.93. The second kappa shape index (κ2) is 4.51. The summed E-state index contributed by atoms with van der Waals surface area (Å²) in [5.41, 5.74) is 0. The Morgan fingerprint density at radius 3 is 2.89 bits per heavy atom. The highest BCUT2D eigenvalue weighted by molar-refractivity contribution is 5.92. The molecule has 1 fully saturated rings. The molecule has 1 aliphatic rings. The molecule has 2 heterocycles. The number of likely N-dealkylation sites (tertiary alicyclic amines) is 1. The molecule has 0 aliphatic carbocycles. The van der Waals surface area contributed by atoms with Gasteiger partial charge in [0.25, 0.3) is 11.8 Å². The first-order valence-electron chi connectivity index (χ1n) is 5.32. The summed E-state index contributed by atoms with van der Waals surface area (Å²) >= 11 is 0. The lowest BCUT2D eigenvalue weighted by molar-refractivity contribution is -0.169. The molecular formula is C10H11F3N2O3. The Balaban J connectivity index is 2.18. The lowest BCUT2D eigenvalue weighted by Crippen LogP contribution is -2.44. The third kappa shape index (κ3) is 2.27. The maximum atomic E-state index is 12.7. The average Bonchev–Trinajstić information content (AvgIpc) is 2.96. The summed E-state index contributed by atoms with van der Waals surface area (Å²) in [6, 6.07) is -0.574. The predicted octanol–water partition coefficient (Wildman–Crippen LogP) is 1.85. The van der Waals surface area contributed by atoms with Crippen LogP contribution in [0, 0.1) is 0 Å². The van der Waals surface area contributed by atoms with Crippen molar-refractivity contribution >= 4 is 5.91 Å². The summed E-state index contributed by atoms with van der Waals surface area (Å²) in [4.78, 5) is 12.6. The fourth-order valence-corrected chi connectivity index (χ4v) is 1.95. The Labute approximate surface area is 100 Å². The van der Waals surface area contributed by atoms with E-state index in [2.05, 4.69) is 9.68 Å². The number of carbonyl (C=O) groups is 1. The third-order valence-corrected chi connectivity index (χ3v) is 2.80. The van der Waals surface area contributed by atoms with Gasteiger partial charge < -0.3 is 14.2 Å². The first-order chi connectivity index (χ1) is 8.43. The van der Waals surface area contributed by atoms with Gasteiger partial charge in [0.1, 0.15) is 6.04 Å². The summed E-state index contributed by atoms with van der Waals surface area (Å²) in [7, 11) is 1.32. The molecule has 0 N–H and O–H groups in total. The first-order valence-corrected chi connectivity index (χ1v) is 5.32. The smallest absolute Gasteiger partial charge is 0.408 e. The van der Waals surface area contributed by atoms with Crippen LogP contribution in [0.25, 0.3) is 0 Å². The van der Waals surface area contributed by atoms with Gasteiger partial charge in [-0.3, -0.25) is 4.79 Å². The normalized spacial score (nSPS) is 20.2. The SMILES string of the molecule is COc1cc(C(=O)N2CCCC2C(F)(F)F)on1. The minimum Gasteiger partial charge on any atom is -0.479 e. The second-order valence-corrected chi connectivity index (χ2v) is 3.93. The zero-order chi connectivity index (χ0) is 13.3. The Bertz CT molecular complexity index is 444. The summed E-state index contributed by atoms with van der Waals surface area (Å²) < 4.78 is 47.4.